The van der Waals surface area contributed by atoms with E-state index in [1.807, 2.05) is 30.3 Å². The number of nitrogens with zero attached hydrogens (tertiary/aromatic N) is 1. The van der Waals surface area contributed by atoms with Gasteiger partial charge in [-0.05, 0) is 32.8 Å². The molecule has 1 aliphatic heterocycles. The zero-order valence-electron chi connectivity index (χ0n) is 15.4. The maximum Gasteiger partial charge on any atom is 0.407 e. The molecule has 0 saturated carbocycles. The Morgan fingerprint density at radius 3 is 2.50 bits per heavy atom. The van der Waals surface area contributed by atoms with Crippen molar-refractivity contribution in [1.82, 2.24) is 10.2 Å². The zero-order valence-corrected chi connectivity index (χ0v) is 16.2. The molecule has 1 aliphatic rings. The Morgan fingerprint density at radius 2 is 1.88 bits per heavy atom. The number of likely N-dealkylation sites (tertiary alicyclic amines) is 1. The van der Waals surface area contributed by atoms with Gasteiger partial charge in [-0.2, -0.15) is 0 Å². The topological polar surface area (TPSA) is 92.8 Å². The maximum atomic E-state index is 12.5. The van der Waals surface area contributed by atoms with Crippen LogP contribution >= 0.6 is 0 Å². The molecule has 1 heterocycles. The summed E-state index contributed by atoms with van der Waals surface area (Å²) in [5.41, 5.74) is 0.851. The fourth-order valence-electron chi connectivity index (χ4n) is 2.74. The summed E-state index contributed by atoms with van der Waals surface area (Å²) in [6, 6.07) is 9.22. The van der Waals surface area contributed by atoms with Gasteiger partial charge in [-0.15, -0.1) is 0 Å². The van der Waals surface area contributed by atoms with E-state index in [-0.39, 0.29) is 25.6 Å². The number of nitrogens with one attached hydrogen (secondary N) is 1. The van der Waals surface area contributed by atoms with Gasteiger partial charge in [0.25, 0.3) is 0 Å². The molecule has 0 aromatic heterocycles. The largest absolute Gasteiger partial charge is 0.445 e. The number of alkyl carbamates (subject to hydrolysis) is 1. The molecule has 0 spiro atoms. The third kappa shape index (κ3) is 4.97. The highest BCUT2D eigenvalue weighted by molar-refractivity contribution is 7.93. The molecule has 0 aliphatic carbocycles. The Labute approximate surface area is 154 Å². The molecule has 0 bridgehead atoms. The predicted molar refractivity (Wildman–Crippen MR) is 98.3 cm³/mol. The van der Waals surface area contributed by atoms with Crippen molar-refractivity contribution in [2.45, 2.75) is 43.8 Å². The molecular formula is C18H26N2O5S. The minimum Gasteiger partial charge on any atom is -0.445 e. The normalized spacial score (nSPS) is 17.8. The minimum absolute atomic E-state index is 0.122. The van der Waals surface area contributed by atoms with Crippen LogP contribution in [0.25, 0.3) is 0 Å². The number of ether oxygens (including phenoxy) is 1. The van der Waals surface area contributed by atoms with Crippen LogP contribution < -0.4 is 5.32 Å². The summed E-state index contributed by atoms with van der Waals surface area (Å²) in [5, 5.41) is 1.85. The second-order valence-corrected chi connectivity index (χ2v) is 10.3. The van der Waals surface area contributed by atoms with Crippen molar-refractivity contribution < 1.29 is 22.7 Å². The van der Waals surface area contributed by atoms with E-state index in [0.717, 1.165) is 5.56 Å². The lowest BCUT2D eigenvalue weighted by molar-refractivity contribution is -0.129. The quantitative estimate of drug-likeness (QED) is 0.837. The van der Waals surface area contributed by atoms with Gasteiger partial charge in [0.15, 0.2) is 9.84 Å². The average molecular weight is 382 g/mol. The number of carbonyl (C=O) groups excluding carboxylic acids is 2. The number of amides is 2. The molecule has 144 valence electrons. The third-order valence-corrected chi connectivity index (χ3v) is 7.36. The Morgan fingerprint density at radius 1 is 1.23 bits per heavy atom. The highest BCUT2D eigenvalue weighted by Gasteiger charge is 2.41. The van der Waals surface area contributed by atoms with Crippen LogP contribution in [0.15, 0.2) is 30.3 Å². The fraction of sp³-hybridized carbons (Fsp3) is 0.556. The monoisotopic (exact) mass is 382 g/mol. The van der Waals surface area contributed by atoms with E-state index in [9.17, 15) is 18.0 Å². The smallest absolute Gasteiger partial charge is 0.407 e. The highest BCUT2D eigenvalue weighted by Crippen LogP contribution is 2.27. The molecule has 8 heteroatoms. The first-order valence-electron chi connectivity index (χ1n) is 8.57. The van der Waals surface area contributed by atoms with Crippen molar-refractivity contribution >= 4 is 21.8 Å². The lowest BCUT2D eigenvalue weighted by Gasteiger charge is -2.24. The number of hydrogen-bond donors (Lipinski definition) is 1. The Bertz CT molecular complexity index is 741. The number of hydrogen-bond acceptors (Lipinski definition) is 5. The van der Waals surface area contributed by atoms with Crippen molar-refractivity contribution in [2.75, 3.05) is 19.6 Å². The molecule has 1 fully saturated rings. The maximum absolute atomic E-state index is 12.5. The van der Waals surface area contributed by atoms with E-state index in [2.05, 4.69) is 5.32 Å². The number of benzene rings is 1. The van der Waals surface area contributed by atoms with Gasteiger partial charge < -0.3 is 15.0 Å². The Kier molecular flexibility index (Phi) is 6.28. The van der Waals surface area contributed by atoms with Crippen LogP contribution in [0.5, 0.6) is 0 Å². The molecule has 1 aromatic rings. The fourth-order valence-corrected chi connectivity index (χ4v) is 4.53. The highest BCUT2D eigenvalue weighted by atomic mass is 32.2. The van der Waals surface area contributed by atoms with Gasteiger partial charge in [0.1, 0.15) is 13.2 Å². The van der Waals surface area contributed by atoms with Crippen molar-refractivity contribution in [3.8, 4) is 0 Å². The molecule has 1 N–H and O–H groups in total. The summed E-state index contributed by atoms with van der Waals surface area (Å²) in [6.07, 6.45) is -0.260. The van der Waals surface area contributed by atoms with Crippen molar-refractivity contribution in [2.24, 2.45) is 0 Å². The van der Waals surface area contributed by atoms with E-state index in [4.69, 9.17) is 4.74 Å². The van der Waals surface area contributed by atoms with E-state index in [0.29, 0.717) is 13.0 Å². The second kappa shape index (κ2) is 8.07. The summed E-state index contributed by atoms with van der Waals surface area (Å²) in [7, 11) is -3.32. The first-order valence-corrected chi connectivity index (χ1v) is 10.1. The van der Waals surface area contributed by atoms with Crippen LogP contribution in [0.4, 0.5) is 4.79 Å². The van der Waals surface area contributed by atoms with Crippen LogP contribution in [0.3, 0.4) is 0 Å². The average Bonchev–Trinajstić information content (AvgIpc) is 3.08. The van der Waals surface area contributed by atoms with Crippen LogP contribution in [0.2, 0.25) is 0 Å². The Hall–Kier alpha value is -2.09. The SMILES string of the molecule is CC(C)(C)S(=O)(=O)C1CCN(C(=O)CNC(=O)OCc2ccccc2)C1. The van der Waals surface area contributed by atoms with Gasteiger partial charge in [0, 0.05) is 13.1 Å². The second-order valence-electron chi connectivity index (χ2n) is 7.32. The number of sulfone groups is 1. The molecule has 1 unspecified atom stereocenters. The first kappa shape index (κ1) is 20.2. The van der Waals surface area contributed by atoms with E-state index in [1.54, 1.807) is 20.8 Å². The molecule has 0 radical (unpaired) electrons. The van der Waals surface area contributed by atoms with Crippen LogP contribution in [-0.4, -0.2) is 54.9 Å². The van der Waals surface area contributed by atoms with Gasteiger partial charge in [0.2, 0.25) is 5.91 Å². The van der Waals surface area contributed by atoms with Crippen LogP contribution in [-0.2, 0) is 26.0 Å². The predicted octanol–water partition coefficient (Wildman–Crippen LogP) is 1.73. The molecule has 7 nitrogen and oxygen atoms in total. The zero-order chi connectivity index (χ0) is 19.4. The number of rotatable bonds is 5. The van der Waals surface area contributed by atoms with Crippen molar-refractivity contribution in [3.63, 3.8) is 0 Å². The lowest BCUT2D eigenvalue weighted by atomic mass is 10.2. The van der Waals surface area contributed by atoms with Gasteiger partial charge >= 0.3 is 6.09 Å². The molecule has 1 atom stereocenters. The van der Waals surface area contributed by atoms with Gasteiger partial charge in [-0.3, -0.25) is 4.79 Å². The molecule has 1 aromatic carbocycles. The third-order valence-electron chi connectivity index (χ3n) is 4.39. The van der Waals surface area contributed by atoms with Gasteiger partial charge in [0.05, 0.1) is 10.00 Å². The Balaban J connectivity index is 1.77. The molecule has 26 heavy (non-hydrogen) atoms. The van der Waals surface area contributed by atoms with Gasteiger partial charge in [-0.1, -0.05) is 30.3 Å². The molecule has 2 amide bonds. The van der Waals surface area contributed by atoms with Crippen LogP contribution in [0, 0.1) is 0 Å². The molecular weight excluding hydrogens is 356 g/mol. The van der Waals surface area contributed by atoms with Crippen molar-refractivity contribution in [1.29, 1.82) is 0 Å². The standard InChI is InChI=1S/C18H26N2O5S/c1-18(2,3)26(23,24)15-9-10-20(12-15)16(21)11-19-17(22)25-13-14-7-5-4-6-8-14/h4-8,15H,9-13H2,1-3H3,(H,19,22). The summed E-state index contributed by atoms with van der Waals surface area (Å²) in [4.78, 5) is 25.4. The van der Waals surface area contributed by atoms with E-state index < -0.39 is 25.9 Å². The van der Waals surface area contributed by atoms with E-state index >= 15 is 0 Å². The van der Waals surface area contributed by atoms with Crippen molar-refractivity contribution in [3.05, 3.63) is 35.9 Å². The summed E-state index contributed by atoms with van der Waals surface area (Å²) in [5.74, 6) is -0.312. The first-order chi connectivity index (χ1) is 12.1. The summed E-state index contributed by atoms with van der Waals surface area (Å²) < 4.78 is 29.2. The van der Waals surface area contributed by atoms with Gasteiger partial charge in [-0.25, -0.2) is 13.2 Å². The lowest BCUT2D eigenvalue weighted by Crippen LogP contribution is -2.42. The number of carbonyl (C=O) groups is 2. The van der Waals surface area contributed by atoms with Crippen LogP contribution in [0.1, 0.15) is 32.8 Å². The summed E-state index contributed by atoms with van der Waals surface area (Å²) in [6.45, 7) is 5.44. The minimum atomic E-state index is -3.32. The molecule has 1 saturated heterocycles. The van der Waals surface area contributed by atoms with E-state index in [1.165, 1.54) is 4.90 Å². The molecule has 2 rings (SSSR count). The summed E-state index contributed by atoms with van der Waals surface area (Å²) >= 11 is 0.